The van der Waals surface area contributed by atoms with Crippen molar-refractivity contribution in [2.24, 2.45) is 7.05 Å². The molecule has 0 saturated heterocycles. The molecule has 0 N–H and O–H groups in total. The molecule has 27 heavy (non-hydrogen) atoms. The van der Waals surface area contributed by atoms with Crippen LogP contribution in [0.1, 0.15) is 27.3 Å². The third kappa shape index (κ3) is 3.46. The Bertz CT molecular complexity index is 1120. The Kier molecular flexibility index (Phi) is 4.45. The van der Waals surface area contributed by atoms with E-state index in [0.29, 0.717) is 17.4 Å². The van der Waals surface area contributed by atoms with E-state index in [1.807, 2.05) is 24.3 Å². The number of nitrogens with zero attached hydrogens (tertiary/aromatic N) is 5. The number of hydrogen-bond donors (Lipinski definition) is 0. The van der Waals surface area contributed by atoms with E-state index < -0.39 is 0 Å². The molecular weight excluding hydrogens is 358 g/mol. The molecule has 0 aliphatic carbocycles. The van der Waals surface area contributed by atoms with Crippen LogP contribution in [-0.4, -0.2) is 25.7 Å². The molecule has 136 valence electrons. The Morgan fingerprint density at radius 1 is 1.22 bits per heavy atom. The molecule has 4 rings (SSSR count). The van der Waals surface area contributed by atoms with E-state index in [4.69, 9.17) is 4.98 Å². The molecule has 0 aliphatic heterocycles. The summed E-state index contributed by atoms with van der Waals surface area (Å²) in [4.78, 5) is 24.0. The lowest BCUT2D eigenvalue weighted by Gasteiger charge is -2.18. The lowest BCUT2D eigenvalue weighted by molar-refractivity contribution is 0.0979. The Balaban J connectivity index is 1.79. The summed E-state index contributed by atoms with van der Waals surface area (Å²) < 4.78 is 2.72. The van der Waals surface area contributed by atoms with E-state index >= 15 is 0 Å². The SMILES string of the molecule is Cc1cc(C)c2sc(N(Cc3ccccn3)C(=O)c3ccn(C)n3)nc2c1. The number of pyridine rings is 1. The minimum Gasteiger partial charge on any atom is -0.276 e. The first kappa shape index (κ1) is 17.4. The molecule has 1 amide bonds. The van der Waals surface area contributed by atoms with Crippen LogP contribution in [0.5, 0.6) is 0 Å². The summed E-state index contributed by atoms with van der Waals surface area (Å²) in [6, 6.07) is 11.6. The molecule has 0 unspecified atom stereocenters. The van der Waals surface area contributed by atoms with Crippen LogP contribution in [0.15, 0.2) is 48.8 Å². The van der Waals surface area contributed by atoms with Crippen molar-refractivity contribution < 1.29 is 4.79 Å². The van der Waals surface area contributed by atoms with Crippen molar-refractivity contribution in [1.82, 2.24) is 19.7 Å². The van der Waals surface area contributed by atoms with Gasteiger partial charge in [0.1, 0.15) is 0 Å². The van der Waals surface area contributed by atoms with E-state index in [9.17, 15) is 4.79 Å². The highest BCUT2D eigenvalue weighted by Crippen LogP contribution is 2.33. The molecule has 0 atom stereocenters. The van der Waals surface area contributed by atoms with Crippen molar-refractivity contribution in [3.05, 3.63) is 71.3 Å². The monoisotopic (exact) mass is 377 g/mol. The third-order valence-corrected chi connectivity index (χ3v) is 5.49. The van der Waals surface area contributed by atoms with E-state index in [-0.39, 0.29) is 5.91 Å². The Hall–Kier alpha value is -3.06. The number of hydrogen-bond acceptors (Lipinski definition) is 5. The van der Waals surface area contributed by atoms with Crippen molar-refractivity contribution in [3.8, 4) is 0 Å². The number of anilines is 1. The first-order valence-electron chi connectivity index (χ1n) is 8.60. The van der Waals surface area contributed by atoms with Crippen LogP contribution in [0.2, 0.25) is 0 Å². The molecule has 3 aromatic heterocycles. The number of thiazole rings is 1. The predicted molar refractivity (Wildman–Crippen MR) is 107 cm³/mol. The van der Waals surface area contributed by atoms with Crippen LogP contribution in [0, 0.1) is 13.8 Å². The molecule has 1 aromatic carbocycles. The highest BCUT2D eigenvalue weighted by molar-refractivity contribution is 7.22. The second-order valence-corrected chi connectivity index (χ2v) is 7.49. The maximum absolute atomic E-state index is 13.2. The molecule has 0 fully saturated rings. The maximum Gasteiger partial charge on any atom is 0.280 e. The summed E-state index contributed by atoms with van der Waals surface area (Å²) in [6.07, 6.45) is 3.49. The van der Waals surface area contributed by atoms with Crippen LogP contribution >= 0.6 is 11.3 Å². The minimum absolute atomic E-state index is 0.185. The summed E-state index contributed by atoms with van der Waals surface area (Å²) in [5, 5.41) is 4.92. The molecule has 0 aliphatic rings. The maximum atomic E-state index is 13.2. The Morgan fingerprint density at radius 3 is 2.78 bits per heavy atom. The van der Waals surface area contributed by atoms with E-state index in [2.05, 4.69) is 30.0 Å². The standard InChI is InChI=1S/C20H19N5OS/c1-13-10-14(2)18-17(11-13)22-20(27-18)25(12-15-6-4-5-8-21-15)19(26)16-7-9-24(3)23-16/h4-11H,12H2,1-3H3. The molecule has 0 saturated carbocycles. The van der Waals surface area contributed by atoms with Gasteiger partial charge in [-0.25, -0.2) is 4.98 Å². The number of aryl methyl sites for hydroxylation is 3. The Morgan fingerprint density at radius 2 is 2.07 bits per heavy atom. The van der Waals surface area contributed by atoms with Gasteiger partial charge in [-0.3, -0.25) is 19.4 Å². The molecular formula is C20H19N5OS. The molecule has 7 heteroatoms. The van der Waals surface area contributed by atoms with Gasteiger partial charge < -0.3 is 0 Å². The third-order valence-electron chi connectivity index (χ3n) is 4.26. The van der Waals surface area contributed by atoms with E-state index in [1.165, 1.54) is 11.3 Å². The molecule has 6 nitrogen and oxygen atoms in total. The summed E-state index contributed by atoms with van der Waals surface area (Å²) in [5.74, 6) is -0.185. The van der Waals surface area contributed by atoms with Crippen LogP contribution in [0.4, 0.5) is 5.13 Å². The van der Waals surface area contributed by atoms with Gasteiger partial charge in [0.25, 0.3) is 5.91 Å². The van der Waals surface area contributed by atoms with Crippen LogP contribution in [-0.2, 0) is 13.6 Å². The number of carbonyl (C=O) groups excluding carboxylic acids is 1. The topological polar surface area (TPSA) is 63.9 Å². The molecule has 0 bridgehead atoms. The first-order valence-corrected chi connectivity index (χ1v) is 9.42. The Labute approximate surface area is 161 Å². The van der Waals surface area contributed by atoms with E-state index in [1.54, 1.807) is 35.1 Å². The number of carbonyl (C=O) groups is 1. The fourth-order valence-corrected chi connectivity index (χ4v) is 4.04. The summed E-state index contributed by atoms with van der Waals surface area (Å²) >= 11 is 1.52. The van der Waals surface area contributed by atoms with Crippen molar-refractivity contribution in [2.75, 3.05) is 4.90 Å². The summed E-state index contributed by atoms with van der Waals surface area (Å²) in [7, 11) is 1.80. The highest BCUT2D eigenvalue weighted by Gasteiger charge is 2.24. The normalized spacial score (nSPS) is 11.1. The quantitative estimate of drug-likeness (QED) is 0.541. The van der Waals surface area contributed by atoms with Gasteiger partial charge in [-0.15, -0.1) is 0 Å². The zero-order chi connectivity index (χ0) is 19.0. The minimum atomic E-state index is -0.185. The van der Waals surface area contributed by atoms with Gasteiger partial charge in [0, 0.05) is 19.4 Å². The summed E-state index contributed by atoms with van der Waals surface area (Å²) in [6.45, 7) is 4.46. The summed E-state index contributed by atoms with van der Waals surface area (Å²) in [5.41, 5.74) is 4.42. The number of aromatic nitrogens is 4. The fraction of sp³-hybridized carbons (Fsp3) is 0.200. The van der Waals surface area contributed by atoms with Crippen LogP contribution in [0.3, 0.4) is 0 Å². The molecule has 4 aromatic rings. The molecule has 0 radical (unpaired) electrons. The fourth-order valence-electron chi connectivity index (χ4n) is 3.03. The first-order chi connectivity index (χ1) is 13.0. The number of amides is 1. The molecule has 3 heterocycles. The average Bonchev–Trinajstić information content (AvgIpc) is 3.26. The van der Waals surface area contributed by atoms with Crippen molar-refractivity contribution >= 4 is 32.6 Å². The smallest absolute Gasteiger partial charge is 0.276 e. The lowest BCUT2D eigenvalue weighted by atomic mass is 10.1. The number of benzene rings is 1. The zero-order valence-electron chi connectivity index (χ0n) is 15.4. The van der Waals surface area contributed by atoms with Gasteiger partial charge in [-0.2, -0.15) is 5.10 Å². The van der Waals surface area contributed by atoms with Gasteiger partial charge in [0.05, 0.1) is 22.5 Å². The lowest BCUT2D eigenvalue weighted by Crippen LogP contribution is -2.31. The second-order valence-electron chi connectivity index (χ2n) is 6.51. The van der Waals surface area contributed by atoms with Gasteiger partial charge in [-0.05, 0) is 49.2 Å². The van der Waals surface area contributed by atoms with Gasteiger partial charge in [-0.1, -0.05) is 23.5 Å². The van der Waals surface area contributed by atoms with Crippen molar-refractivity contribution in [2.45, 2.75) is 20.4 Å². The zero-order valence-corrected chi connectivity index (χ0v) is 16.2. The number of fused-ring (bicyclic) bond motifs is 1. The predicted octanol–water partition coefficient (Wildman–Crippen LogP) is 3.89. The number of rotatable bonds is 4. The highest BCUT2D eigenvalue weighted by atomic mass is 32.1. The van der Waals surface area contributed by atoms with E-state index in [0.717, 1.165) is 27.0 Å². The van der Waals surface area contributed by atoms with Crippen molar-refractivity contribution in [3.63, 3.8) is 0 Å². The van der Waals surface area contributed by atoms with Crippen LogP contribution < -0.4 is 4.90 Å². The largest absolute Gasteiger partial charge is 0.280 e. The second kappa shape index (κ2) is 6.92. The van der Waals surface area contributed by atoms with Gasteiger partial charge >= 0.3 is 0 Å². The average molecular weight is 377 g/mol. The van der Waals surface area contributed by atoms with Gasteiger partial charge in [0.2, 0.25) is 0 Å². The molecule has 0 spiro atoms. The van der Waals surface area contributed by atoms with Gasteiger partial charge in [0.15, 0.2) is 10.8 Å². The van der Waals surface area contributed by atoms with Crippen molar-refractivity contribution in [1.29, 1.82) is 0 Å². The van der Waals surface area contributed by atoms with Crippen LogP contribution in [0.25, 0.3) is 10.2 Å².